The van der Waals surface area contributed by atoms with Crippen LogP contribution in [0.2, 0.25) is 0 Å². The van der Waals surface area contributed by atoms with Crippen molar-refractivity contribution in [1.82, 2.24) is 0 Å². The maximum Gasteiger partial charge on any atom is 0.201 e. The lowest BCUT2D eigenvalue weighted by Gasteiger charge is -2.13. The molecule has 2 aromatic rings. The molecule has 0 spiro atoms. The molecule has 0 aliphatic carbocycles. The van der Waals surface area contributed by atoms with Crippen LogP contribution >= 0.6 is 0 Å². The molecule has 25 heavy (non-hydrogen) atoms. The van der Waals surface area contributed by atoms with Crippen LogP contribution in [0.3, 0.4) is 0 Å². The van der Waals surface area contributed by atoms with E-state index in [0.29, 0.717) is 17.9 Å². The van der Waals surface area contributed by atoms with Crippen molar-refractivity contribution in [3.63, 3.8) is 0 Å². The molecule has 0 atom stereocenters. The number of allylic oxidation sites excluding steroid dienone is 1. The fraction of sp³-hybridized carbons (Fsp3) is 0.200. The van der Waals surface area contributed by atoms with Crippen LogP contribution in [0.4, 0.5) is 0 Å². The lowest BCUT2D eigenvalue weighted by atomic mass is 10.1. The number of hydrogen-bond acceptors (Lipinski definition) is 5. The van der Waals surface area contributed by atoms with Gasteiger partial charge in [0.15, 0.2) is 11.5 Å². The van der Waals surface area contributed by atoms with Crippen molar-refractivity contribution in [3.05, 3.63) is 59.7 Å². The van der Waals surface area contributed by atoms with Crippen molar-refractivity contribution in [2.45, 2.75) is 6.92 Å². The van der Waals surface area contributed by atoms with Gasteiger partial charge < -0.3 is 24.4 Å². The monoisotopic (exact) mass is 342 g/mol. The van der Waals surface area contributed by atoms with E-state index in [4.69, 9.17) is 14.2 Å². The third-order valence-corrected chi connectivity index (χ3v) is 3.51. The first kappa shape index (κ1) is 18.4. The first-order valence-corrected chi connectivity index (χ1v) is 7.79. The van der Waals surface area contributed by atoms with E-state index in [-0.39, 0.29) is 23.0 Å². The average Bonchev–Trinajstić information content (AvgIpc) is 2.64. The molecule has 0 amide bonds. The van der Waals surface area contributed by atoms with Gasteiger partial charge in [-0.05, 0) is 42.8 Å². The van der Waals surface area contributed by atoms with E-state index in [9.17, 15) is 10.2 Å². The highest BCUT2D eigenvalue weighted by Gasteiger charge is 2.14. The Morgan fingerprint density at radius 3 is 2.36 bits per heavy atom. The summed E-state index contributed by atoms with van der Waals surface area (Å²) in [4.78, 5) is 0. The number of hydrogen-bond donors (Lipinski definition) is 2. The summed E-state index contributed by atoms with van der Waals surface area (Å²) in [6.07, 6.45) is 5.41. The Bertz CT molecular complexity index is 760. The third kappa shape index (κ3) is 4.78. The molecule has 5 nitrogen and oxygen atoms in total. The summed E-state index contributed by atoms with van der Waals surface area (Å²) < 4.78 is 15.9. The molecule has 0 aliphatic rings. The van der Waals surface area contributed by atoms with Gasteiger partial charge in [0.2, 0.25) is 5.75 Å². The van der Waals surface area contributed by atoms with E-state index in [1.54, 1.807) is 44.4 Å². The van der Waals surface area contributed by atoms with Gasteiger partial charge in [-0.15, -0.1) is 0 Å². The van der Waals surface area contributed by atoms with Crippen LogP contribution in [0.15, 0.2) is 48.6 Å². The number of aliphatic hydroxyl groups excluding tert-OH is 1. The minimum atomic E-state index is -0.126. The van der Waals surface area contributed by atoms with Crippen molar-refractivity contribution in [2.24, 2.45) is 0 Å². The summed E-state index contributed by atoms with van der Waals surface area (Å²) in [7, 11) is 3.08. The Labute approximate surface area is 147 Å². The van der Waals surface area contributed by atoms with Crippen LogP contribution in [0.5, 0.6) is 23.0 Å². The fourth-order valence-electron chi connectivity index (χ4n) is 2.18. The average molecular weight is 342 g/mol. The molecule has 0 saturated heterocycles. The van der Waals surface area contributed by atoms with Crippen LogP contribution in [0.25, 0.3) is 11.8 Å². The Morgan fingerprint density at radius 1 is 1.08 bits per heavy atom. The lowest BCUT2D eigenvalue weighted by molar-refractivity contribution is 0.234. The zero-order chi connectivity index (χ0) is 18.2. The first-order chi connectivity index (χ1) is 12.1. The highest BCUT2D eigenvalue weighted by molar-refractivity contribution is 5.66. The zero-order valence-corrected chi connectivity index (χ0v) is 14.5. The van der Waals surface area contributed by atoms with Gasteiger partial charge in [0, 0.05) is 12.7 Å². The largest absolute Gasteiger partial charge is 0.508 e. The predicted octanol–water partition coefficient (Wildman–Crippen LogP) is 4.77. The topological polar surface area (TPSA) is 68.2 Å². The summed E-state index contributed by atoms with van der Waals surface area (Å²) >= 11 is 0. The first-order valence-electron chi connectivity index (χ1n) is 7.79. The normalized spacial score (nSPS) is 11.7. The summed E-state index contributed by atoms with van der Waals surface area (Å²) in [6, 6.07) is 10.5. The molecular weight excluding hydrogens is 320 g/mol. The van der Waals surface area contributed by atoms with E-state index in [0.717, 1.165) is 5.56 Å². The minimum Gasteiger partial charge on any atom is -0.508 e. The van der Waals surface area contributed by atoms with Gasteiger partial charge in [-0.25, -0.2) is 0 Å². The smallest absolute Gasteiger partial charge is 0.201 e. The summed E-state index contributed by atoms with van der Waals surface area (Å²) in [5, 5.41) is 20.2. The number of phenolic OH excluding ortho intramolecular Hbond substituents is 1. The van der Waals surface area contributed by atoms with E-state index in [1.165, 1.54) is 7.11 Å². The number of methoxy groups -OCH3 is 2. The third-order valence-electron chi connectivity index (χ3n) is 3.51. The quantitative estimate of drug-likeness (QED) is 0.709. The highest BCUT2D eigenvalue weighted by Crippen LogP contribution is 2.41. The molecule has 0 saturated carbocycles. The molecule has 5 heteroatoms. The molecule has 0 radical (unpaired) electrons. The van der Waals surface area contributed by atoms with Crippen molar-refractivity contribution in [2.75, 3.05) is 20.8 Å². The molecule has 0 heterocycles. The van der Waals surface area contributed by atoms with Gasteiger partial charge in [-0.2, -0.15) is 0 Å². The number of phenols is 1. The van der Waals surface area contributed by atoms with E-state index in [1.807, 2.05) is 24.3 Å². The standard InChI is InChI=1S/C20H22O5/c1-4-17(21)15-12-18(24-3)20(22)19(13-15)25-16-9-7-14(8-10-16)6-5-11-23-2/h4-10,12-13,21-22H,11H2,1-3H3/b6-5+,17-4-. The van der Waals surface area contributed by atoms with Crippen LogP contribution in [-0.4, -0.2) is 31.0 Å². The maximum absolute atomic E-state index is 10.3. The van der Waals surface area contributed by atoms with Gasteiger partial charge in [0.05, 0.1) is 13.7 Å². The fourth-order valence-corrected chi connectivity index (χ4v) is 2.18. The number of rotatable bonds is 7. The molecule has 132 valence electrons. The van der Waals surface area contributed by atoms with Crippen LogP contribution in [0.1, 0.15) is 18.1 Å². The van der Waals surface area contributed by atoms with E-state index < -0.39 is 0 Å². The van der Waals surface area contributed by atoms with Crippen LogP contribution in [0, 0.1) is 0 Å². The summed E-state index contributed by atoms with van der Waals surface area (Å²) in [6.45, 7) is 2.26. The van der Waals surface area contributed by atoms with Gasteiger partial charge >= 0.3 is 0 Å². The van der Waals surface area contributed by atoms with E-state index >= 15 is 0 Å². The highest BCUT2D eigenvalue weighted by atomic mass is 16.5. The molecule has 0 bridgehead atoms. The number of benzene rings is 2. The van der Waals surface area contributed by atoms with Crippen molar-refractivity contribution in [3.8, 4) is 23.0 Å². The van der Waals surface area contributed by atoms with Crippen LogP contribution in [-0.2, 0) is 4.74 Å². The molecule has 0 unspecified atom stereocenters. The van der Waals surface area contributed by atoms with Gasteiger partial charge in [-0.1, -0.05) is 24.3 Å². The number of aromatic hydroxyl groups is 1. The minimum absolute atomic E-state index is 0.0711. The lowest BCUT2D eigenvalue weighted by Crippen LogP contribution is -1.92. The maximum atomic E-state index is 10.3. The predicted molar refractivity (Wildman–Crippen MR) is 98.4 cm³/mol. The SMILES string of the molecule is C/C=C(\O)c1cc(OC)c(O)c(Oc2ccc(/C=C/COC)cc2)c1. The molecule has 2 aromatic carbocycles. The number of ether oxygens (including phenoxy) is 3. The second-order valence-electron chi connectivity index (χ2n) is 5.23. The molecule has 2 rings (SSSR count). The Hall–Kier alpha value is -2.92. The van der Waals surface area contributed by atoms with Gasteiger partial charge in [0.1, 0.15) is 11.5 Å². The van der Waals surface area contributed by atoms with Crippen LogP contribution < -0.4 is 9.47 Å². The Kier molecular flexibility index (Phi) is 6.48. The summed E-state index contributed by atoms with van der Waals surface area (Å²) in [5.41, 5.74) is 1.50. The molecule has 0 fully saturated rings. The number of aliphatic hydroxyl groups is 1. The second kappa shape index (κ2) is 8.80. The molecular formula is C20H22O5. The molecule has 0 aliphatic heterocycles. The van der Waals surface area contributed by atoms with E-state index in [2.05, 4.69) is 0 Å². The molecule has 0 aromatic heterocycles. The van der Waals surface area contributed by atoms with Gasteiger partial charge in [-0.3, -0.25) is 0 Å². The van der Waals surface area contributed by atoms with Crippen molar-refractivity contribution >= 4 is 11.8 Å². The zero-order valence-electron chi connectivity index (χ0n) is 14.5. The molecule has 2 N–H and O–H groups in total. The van der Waals surface area contributed by atoms with Gasteiger partial charge in [0.25, 0.3) is 0 Å². The Balaban J connectivity index is 2.27. The summed E-state index contributed by atoms with van der Waals surface area (Å²) in [5.74, 6) is 0.921. The van der Waals surface area contributed by atoms with Crippen molar-refractivity contribution < 1.29 is 24.4 Å². The Morgan fingerprint density at radius 2 is 1.76 bits per heavy atom. The second-order valence-corrected chi connectivity index (χ2v) is 5.23. The van der Waals surface area contributed by atoms with Crippen molar-refractivity contribution in [1.29, 1.82) is 0 Å².